The van der Waals surface area contributed by atoms with Crippen molar-refractivity contribution in [3.63, 3.8) is 0 Å². The highest BCUT2D eigenvalue weighted by Gasteiger charge is 2.07. The Balaban J connectivity index is 2.28. The van der Waals surface area contributed by atoms with Gasteiger partial charge in [-0.1, -0.05) is 33.6 Å². The summed E-state index contributed by atoms with van der Waals surface area (Å²) in [6, 6.07) is 10.1. The molecule has 2 aromatic rings. The molecular formula is C14H11BrClFO. The van der Waals surface area contributed by atoms with E-state index in [1.54, 1.807) is 24.3 Å². The van der Waals surface area contributed by atoms with E-state index in [1.807, 2.05) is 13.0 Å². The number of ether oxygens (including phenoxy) is 1. The first-order valence-electron chi connectivity index (χ1n) is 5.38. The standard InChI is InChI=1S/C14H11BrClFO/c1-9-6-11(16)3-5-13(9)18-14-4-2-10(8-15)7-12(14)17/h2-7H,8H2,1H3. The lowest BCUT2D eigenvalue weighted by molar-refractivity contribution is 0.439. The number of hydrogen-bond donors (Lipinski definition) is 0. The number of alkyl halides is 1. The topological polar surface area (TPSA) is 9.23 Å². The van der Waals surface area contributed by atoms with Gasteiger partial charge in [0.2, 0.25) is 0 Å². The van der Waals surface area contributed by atoms with Gasteiger partial charge in [-0.3, -0.25) is 0 Å². The van der Waals surface area contributed by atoms with Gasteiger partial charge in [-0.05, 0) is 48.4 Å². The van der Waals surface area contributed by atoms with Crippen molar-refractivity contribution < 1.29 is 9.13 Å². The molecule has 0 unspecified atom stereocenters. The first-order valence-corrected chi connectivity index (χ1v) is 6.88. The maximum atomic E-state index is 13.8. The van der Waals surface area contributed by atoms with E-state index in [1.165, 1.54) is 6.07 Å². The van der Waals surface area contributed by atoms with Gasteiger partial charge in [0.25, 0.3) is 0 Å². The normalized spacial score (nSPS) is 10.4. The third kappa shape index (κ3) is 3.03. The summed E-state index contributed by atoms with van der Waals surface area (Å²) >= 11 is 9.14. The molecule has 0 aromatic heterocycles. The minimum absolute atomic E-state index is 0.213. The molecule has 0 N–H and O–H groups in total. The van der Waals surface area contributed by atoms with Crippen molar-refractivity contribution in [2.75, 3.05) is 0 Å². The monoisotopic (exact) mass is 328 g/mol. The molecule has 1 nitrogen and oxygen atoms in total. The molecule has 4 heteroatoms. The summed E-state index contributed by atoms with van der Waals surface area (Å²) in [6.07, 6.45) is 0. The molecule has 2 rings (SSSR count). The highest BCUT2D eigenvalue weighted by atomic mass is 79.9. The molecule has 0 amide bonds. The quantitative estimate of drug-likeness (QED) is 0.678. The molecular weight excluding hydrogens is 319 g/mol. The highest BCUT2D eigenvalue weighted by molar-refractivity contribution is 9.08. The van der Waals surface area contributed by atoms with Crippen molar-refractivity contribution in [2.24, 2.45) is 0 Å². The Bertz CT molecular complexity index is 572. The van der Waals surface area contributed by atoms with Crippen LogP contribution >= 0.6 is 27.5 Å². The van der Waals surface area contributed by atoms with Crippen LogP contribution in [0.5, 0.6) is 11.5 Å². The van der Waals surface area contributed by atoms with E-state index in [-0.39, 0.29) is 11.6 Å². The van der Waals surface area contributed by atoms with Crippen LogP contribution in [0.4, 0.5) is 4.39 Å². The van der Waals surface area contributed by atoms with Crippen molar-refractivity contribution in [3.05, 3.63) is 58.4 Å². The smallest absolute Gasteiger partial charge is 0.166 e. The van der Waals surface area contributed by atoms with Gasteiger partial charge in [-0.25, -0.2) is 4.39 Å². The Kier molecular flexibility index (Phi) is 4.25. The SMILES string of the molecule is Cc1cc(Cl)ccc1Oc1ccc(CBr)cc1F. The Morgan fingerprint density at radius 2 is 1.89 bits per heavy atom. The summed E-state index contributed by atoms with van der Waals surface area (Å²) in [5.41, 5.74) is 1.74. The van der Waals surface area contributed by atoms with Crippen LogP contribution in [-0.4, -0.2) is 0 Å². The van der Waals surface area contributed by atoms with E-state index < -0.39 is 0 Å². The van der Waals surface area contributed by atoms with E-state index in [0.717, 1.165) is 11.1 Å². The van der Waals surface area contributed by atoms with Crippen molar-refractivity contribution >= 4 is 27.5 Å². The Hall–Kier alpha value is -1.06. The van der Waals surface area contributed by atoms with Crippen molar-refractivity contribution in [3.8, 4) is 11.5 Å². The van der Waals surface area contributed by atoms with Crippen LogP contribution in [0.3, 0.4) is 0 Å². The first kappa shape index (κ1) is 13.4. The number of aryl methyl sites for hydroxylation is 1. The molecule has 0 aliphatic heterocycles. The summed E-state index contributed by atoms with van der Waals surface area (Å²) in [6.45, 7) is 1.87. The van der Waals surface area contributed by atoms with Crippen LogP contribution in [0.1, 0.15) is 11.1 Å². The predicted octanol–water partition coefficient (Wildman–Crippen LogP) is 5.47. The Morgan fingerprint density at radius 1 is 1.17 bits per heavy atom. The van der Waals surface area contributed by atoms with E-state index in [9.17, 15) is 4.39 Å². The summed E-state index contributed by atoms with van der Waals surface area (Å²) in [4.78, 5) is 0. The van der Waals surface area contributed by atoms with Crippen LogP contribution in [0, 0.1) is 12.7 Å². The summed E-state index contributed by atoms with van der Waals surface area (Å²) in [7, 11) is 0. The van der Waals surface area contributed by atoms with Gasteiger partial charge >= 0.3 is 0 Å². The van der Waals surface area contributed by atoms with Gasteiger partial charge < -0.3 is 4.74 Å². The minimum Gasteiger partial charge on any atom is -0.454 e. The maximum Gasteiger partial charge on any atom is 0.166 e. The molecule has 0 saturated carbocycles. The summed E-state index contributed by atoms with van der Waals surface area (Å²) < 4.78 is 19.3. The van der Waals surface area contributed by atoms with E-state index in [0.29, 0.717) is 16.1 Å². The fraction of sp³-hybridized carbons (Fsp3) is 0.143. The molecule has 94 valence electrons. The van der Waals surface area contributed by atoms with Crippen LogP contribution in [-0.2, 0) is 5.33 Å². The maximum absolute atomic E-state index is 13.8. The van der Waals surface area contributed by atoms with Gasteiger partial charge in [0.15, 0.2) is 11.6 Å². The molecule has 0 atom stereocenters. The number of benzene rings is 2. The van der Waals surface area contributed by atoms with E-state index in [4.69, 9.17) is 16.3 Å². The largest absolute Gasteiger partial charge is 0.454 e. The fourth-order valence-electron chi connectivity index (χ4n) is 1.56. The van der Waals surface area contributed by atoms with Crippen LogP contribution < -0.4 is 4.74 Å². The van der Waals surface area contributed by atoms with Gasteiger partial charge in [0, 0.05) is 10.4 Å². The zero-order chi connectivity index (χ0) is 13.1. The minimum atomic E-state index is -0.374. The Labute approximate surface area is 119 Å². The predicted molar refractivity (Wildman–Crippen MR) is 75.3 cm³/mol. The van der Waals surface area contributed by atoms with Crippen LogP contribution in [0.2, 0.25) is 5.02 Å². The van der Waals surface area contributed by atoms with Crippen molar-refractivity contribution in [1.29, 1.82) is 0 Å². The van der Waals surface area contributed by atoms with E-state index in [2.05, 4.69) is 15.9 Å². The first-order chi connectivity index (χ1) is 8.60. The lowest BCUT2D eigenvalue weighted by atomic mass is 10.2. The Morgan fingerprint density at radius 3 is 2.50 bits per heavy atom. The fourth-order valence-corrected chi connectivity index (χ4v) is 2.13. The number of rotatable bonds is 3. The lowest BCUT2D eigenvalue weighted by Crippen LogP contribution is -1.92. The molecule has 0 saturated heterocycles. The van der Waals surface area contributed by atoms with Crippen LogP contribution in [0.25, 0.3) is 0 Å². The zero-order valence-electron chi connectivity index (χ0n) is 9.71. The van der Waals surface area contributed by atoms with Gasteiger partial charge in [0.1, 0.15) is 5.75 Å². The van der Waals surface area contributed by atoms with E-state index >= 15 is 0 Å². The zero-order valence-corrected chi connectivity index (χ0v) is 12.1. The van der Waals surface area contributed by atoms with Gasteiger partial charge in [0.05, 0.1) is 0 Å². The molecule has 0 bridgehead atoms. The molecule has 0 heterocycles. The molecule has 0 fully saturated rings. The average molecular weight is 330 g/mol. The molecule has 0 spiro atoms. The van der Waals surface area contributed by atoms with Crippen LogP contribution in [0.15, 0.2) is 36.4 Å². The summed E-state index contributed by atoms with van der Waals surface area (Å²) in [5.74, 6) is 0.441. The summed E-state index contributed by atoms with van der Waals surface area (Å²) in [5, 5.41) is 1.25. The third-order valence-corrected chi connectivity index (χ3v) is 3.39. The number of hydrogen-bond acceptors (Lipinski definition) is 1. The highest BCUT2D eigenvalue weighted by Crippen LogP contribution is 2.29. The molecule has 0 aliphatic carbocycles. The second-order valence-electron chi connectivity index (χ2n) is 3.91. The molecule has 0 aliphatic rings. The average Bonchev–Trinajstić information content (AvgIpc) is 2.34. The molecule has 0 radical (unpaired) electrons. The lowest BCUT2D eigenvalue weighted by Gasteiger charge is -2.10. The second kappa shape index (κ2) is 5.72. The third-order valence-electron chi connectivity index (χ3n) is 2.51. The molecule has 18 heavy (non-hydrogen) atoms. The number of halogens is 3. The molecule has 2 aromatic carbocycles. The van der Waals surface area contributed by atoms with Gasteiger partial charge in [-0.2, -0.15) is 0 Å². The second-order valence-corrected chi connectivity index (χ2v) is 4.91. The van der Waals surface area contributed by atoms with Crippen molar-refractivity contribution in [1.82, 2.24) is 0 Å². The van der Waals surface area contributed by atoms with Gasteiger partial charge in [-0.15, -0.1) is 0 Å². The van der Waals surface area contributed by atoms with Crippen molar-refractivity contribution in [2.45, 2.75) is 12.3 Å².